The molecule has 0 amide bonds. The Morgan fingerprint density at radius 1 is 0.960 bits per heavy atom. The summed E-state index contributed by atoms with van der Waals surface area (Å²) in [7, 11) is 0. The molecular formula is C20H12BrNO3. The quantitative estimate of drug-likeness (QED) is 0.381. The van der Waals surface area contributed by atoms with E-state index in [1.165, 1.54) is 0 Å². The number of pyridine rings is 1. The van der Waals surface area contributed by atoms with Crippen molar-refractivity contribution in [2.45, 2.75) is 0 Å². The number of aromatic hydroxyl groups is 1. The van der Waals surface area contributed by atoms with E-state index in [1.54, 1.807) is 30.5 Å². The zero-order valence-corrected chi connectivity index (χ0v) is 14.5. The molecule has 4 rings (SSSR count). The number of halogens is 1. The Hall–Kier alpha value is -2.92. The minimum absolute atomic E-state index is 0.110. The van der Waals surface area contributed by atoms with E-state index in [1.807, 2.05) is 36.4 Å². The predicted octanol–water partition coefficient (Wildman–Crippen LogP) is 5.08. The van der Waals surface area contributed by atoms with Crippen molar-refractivity contribution in [1.82, 2.24) is 4.98 Å². The van der Waals surface area contributed by atoms with Crippen LogP contribution in [-0.4, -0.2) is 16.1 Å². The zero-order chi connectivity index (χ0) is 17.4. The minimum Gasteiger partial charge on any atom is -0.507 e. The van der Waals surface area contributed by atoms with Crippen LogP contribution in [0.5, 0.6) is 11.5 Å². The van der Waals surface area contributed by atoms with Gasteiger partial charge in [0.2, 0.25) is 0 Å². The van der Waals surface area contributed by atoms with Crippen LogP contribution in [0.4, 0.5) is 0 Å². The lowest BCUT2D eigenvalue weighted by Gasteiger charge is -2.09. The number of benzene rings is 3. The summed E-state index contributed by atoms with van der Waals surface area (Å²) in [6.07, 6.45) is 1.64. The molecule has 0 aliphatic heterocycles. The third-order valence-corrected chi connectivity index (χ3v) is 4.43. The number of phenolic OH excluding ortho intramolecular Hbond substituents is 1. The van der Waals surface area contributed by atoms with E-state index in [9.17, 15) is 9.90 Å². The van der Waals surface area contributed by atoms with E-state index < -0.39 is 5.97 Å². The molecule has 1 N–H and O–H groups in total. The van der Waals surface area contributed by atoms with E-state index in [2.05, 4.69) is 20.9 Å². The number of carbonyl (C=O) groups is 1. The van der Waals surface area contributed by atoms with Crippen molar-refractivity contribution >= 4 is 43.6 Å². The van der Waals surface area contributed by atoms with Crippen molar-refractivity contribution in [2.24, 2.45) is 0 Å². The number of para-hydroxylation sites is 1. The number of carbonyl (C=O) groups excluding carboxylic acids is 1. The van der Waals surface area contributed by atoms with E-state index in [-0.39, 0.29) is 11.3 Å². The van der Waals surface area contributed by atoms with Gasteiger partial charge in [-0.05, 0) is 47.2 Å². The van der Waals surface area contributed by atoms with E-state index in [0.29, 0.717) is 11.3 Å². The molecule has 0 saturated heterocycles. The second kappa shape index (κ2) is 6.18. The van der Waals surface area contributed by atoms with Gasteiger partial charge in [0.05, 0.1) is 0 Å². The Balaban J connectivity index is 1.75. The summed E-state index contributed by atoms with van der Waals surface area (Å²) >= 11 is 3.41. The zero-order valence-electron chi connectivity index (χ0n) is 12.9. The van der Waals surface area contributed by atoms with Crippen LogP contribution < -0.4 is 4.74 Å². The first-order chi connectivity index (χ1) is 12.1. The Morgan fingerprint density at radius 3 is 2.68 bits per heavy atom. The Kier molecular flexibility index (Phi) is 3.86. The van der Waals surface area contributed by atoms with Crippen LogP contribution in [0.25, 0.3) is 21.7 Å². The molecule has 3 aromatic carbocycles. The van der Waals surface area contributed by atoms with Crippen LogP contribution >= 0.6 is 15.9 Å². The summed E-state index contributed by atoms with van der Waals surface area (Å²) < 4.78 is 6.39. The van der Waals surface area contributed by atoms with Gasteiger partial charge in [-0.15, -0.1) is 0 Å². The third-order valence-electron chi connectivity index (χ3n) is 3.94. The van der Waals surface area contributed by atoms with Crippen molar-refractivity contribution in [3.63, 3.8) is 0 Å². The molecule has 0 fully saturated rings. The van der Waals surface area contributed by atoms with Gasteiger partial charge in [-0.1, -0.05) is 40.2 Å². The predicted molar refractivity (Wildman–Crippen MR) is 100 cm³/mol. The molecule has 0 radical (unpaired) electrons. The Morgan fingerprint density at radius 2 is 1.80 bits per heavy atom. The van der Waals surface area contributed by atoms with Crippen LogP contribution in [0.3, 0.4) is 0 Å². The van der Waals surface area contributed by atoms with Gasteiger partial charge < -0.3 is 9.84 Å². The van der Waals surface area contributed by atoms with Gasteiger partial charge in [0, 0.05) is 16.1 Å². The molecule has 0 spiro atoms. The lowest BCUT2D eigenvalue weighted by atomic mass is 10.1. The van der Waals surface area contributed by atoms with Crippen LogP contribution in [0, 0.1) is 0 Å². The van der Waals surface area contributed by atoms with Gasteiger partial charge in [-0.25, -0.2) is 4.79 Å². The van der Waals surface area contributed by atoms with Crippen LogP contribution in [0.2, 0.25) is 0 Å². The molecular weight excluding hydrogens is 382 g/mol. The molecule has 122 valence electrons. The first-order valence-electron chi connectivity index (χ1n) is 7.60. The van der Waals surface area contributed by atoms with Crippen molar-refractivity contribution in [2.75, 3.05) is 0 Å². The number of hydrogen-bond donors (Lipinski definition) is 1. The summed E-state index contributed by atoms with van der Waals surface area (Å²) in [5.74, 6) is -0.387. The van der Waals surface area contributed by atoms with Crippen LogP contribution in [0.1, 0.15) is 10.4 Å². The van der Waals surface area contributed by atoms with Crippen LogP contribution in [-0.2, 0) is 0 Å². The van der Waals surface area contributed by atoms with Gasteiger partial charge in [0.25, 0.3) is 0 Å². The van der Waals surface area contributed by atoms with Crippen molar-refractivity contribution in [1.29, 1.82) is 0 Å². The molecule has 0 atom stereocenters. The average Bonchev–Trinajstić information content (AvgIpc) is 2.62. The molecule has 4 nitrogen and oxygen atoms in total. The molecule has 4 aromatic rings. The maximum absolute atomic E-state index is 12.6. The van der Waals surface area contributed by atoms with Crippen molar-refractivity contribution < 1.29 is 14.6 Å². The largest absolute Gasteiger partial charge is 0.507 e. The summed E-state index contributed by atoms with van der Waals surface area (Å²) in [5, 5.41) is 12.8. The number of aromatic nitrogens is 1. The SMILES string of the molecule is O=C(Oc1cccc2cccnc12)c1cc2cc(Br)ccc2cc1O. The number of nitrogens with zero attached hydrogens (tertiary/aromatic N) is 1. The number of hydrogen-bond acceptors (Lipinski definition) is 4. The van der Waals surface area contributed by atoms with Gasteiger partial charge in [0.15, 0.2) is 5.75 Å². The molecule has 5 heteroatoms. The third kappa shape index (κ3) is 2.94. The first-order valence-corrected chi connectivity index (χ1v) is 8.39. The molecule has 0 aliphatic carbocycles. The molecule has 1 heterocycles. The molecule has 0 saturated carbocycles. The van der Waals surface area contributed by atoms with Gasteiger partial charge >= 0.3 is 5.97 Å². The number of phenols is 1. The average molecular weight is 394 g/mol. The highest BCUT2D eigenvalue weighted by Gasteiger charge is 2.16. The lowest BCUT2D eigenvalue weighted by molar-refractivity contribution is 0.0734. The fourth-order valence-corrected chi connectivity index (χ4v) is 3.11. The number of rotatable bonds is 2. The second-order valence-electron chi connectivity index (χ2n) is 5.58. The molecule has 25 heavy (non-hydrogen) atoms. The highest BCUT2D eigenvalue weighted by atomic mass is 79.9. The number of ether oxygens (including phenoxy) is 1. The monoisotopic (exact) mass is 393 g/mol. The fraction of sp³-hybridized carbons (Fsp3) is 0. The summed E-state index contributed by atoms with van der Waals surface area (Å²) in [4.78, 5) is 16.9. The van der Waals surface area contributed by atoms with Gasteiger partial charge in [-0.3, -0.25) is 4.98 Å². The van der Waals surface area contributed by atoms with Gasteiger partial charge in [-0.2, -0.15) is 0 Å². The normalized spacial score (nSPS) is 10.9. The minimum atomic E-state index is -0.627. The highest BCUT2D eigenvalue weighted by Crippen LogP contribution is 2.29. The Bertz CT molecular complexity index is 1120. The van der Waals surface area contributed by atoms with E-state index in [4.69, 9.17) is 4.74 Å². The van der Waals surface area contributed by atoms with E-state index in [0.717, 1.165) is 20.6 Å². The van der Waals surface area contributed by atoms with Crippen molar-refractivity contribution in [3.05, 3.63) is 76.9 Å². The summed E-state index contributed by atoms with van der Waals surface area (Å²) in [6, 6.07) is 17.9. The number of fused-ring (bicyclic) bond motifs is 2. The van der Waals surface area contributed by atoms with Gasteiger partial charge in [0.1, 0.15) is 16.8 Å². The lowest BCUT2D eigenvalue weighted by Crippen LogP contribution is -2.09. The standard InChI is InChI=1S/C20H12BrNO3/c21-15-7-6-13-11-17(23)16(10-14(13)9-15)20(24)25-18-5-1-3-12-4-2-8-22-19(12)18/h1-11,23H. The number of esters is 1. The maximum atomic E-state index is 12.6. The topological polar surface area (TPSA) is 59.4 Å². The second-order valence-corrected chi connectivity index (χ2v) is 6.50. The molecule has 0 unspecified atom stereocenters. The molecule has 0 bridgehead atoms. The fourth-order valence-electron chi connectivity index (χ4n) is 2.73. The first kappa shape index (κ1) is 15.6. The Labute approximate surface area is 151 Å². The maximum Gasteiger partial charge on any atom is 0.347 e. The van der Waals surface area contributed by atoms with E-state index >= 15 is 0 Å². The molecule has 1 aromatic heterocycles. The summed E-state index contributed by atoms with van der Waals surface area (Å²) in [5.41, 5.74) is 0.708. The molecule has 0 aliphatic rings. The smallest absolute Gasteiger partial charge is 0.347 e. The van der Waals surface area contributed by atoms with Crippen LogP contribution in [0.15, 0.2) is 71.3 Å². The highest BCUT2D eigenvalue weighted by molar-refractivity contribution is 9.10. The summed E-state index contributed by atoms with van der Waals surface area (Å²) in [6.45, 7) is 0. The van der Waals surface area contributed by atoms with Crippen molar-refractivity contribution in [3.8, 4) is 11.5 Å².